The number of hydrogen-bond donors (Lipinski definition) is 0. The van der Waals surface area contributed by atoms with Crippen molar-refractivity contribution < 1.29 is 9.79 Å². The van der Waals surface area contributed by atoms with Crippen molar-refractivity contribution in [1.82, 2.24) is 5.10 Å². The number of hydrogen-bond acceptors (Lipinski definition) is 2. The van der Waals surface area contributed by atoms with E-state index in [2.05, 4.69) is 5.10 Å². The van der Waals surface area contributed by atoms with Crippen molar-refractivity contribution in [2.75, 3.05) is 0 Å². The molecule has 0 radical (unpaired) electrons. The molecule has 0 amide bonds. The zero-order chi connectivity index (χ0) is 7.72. The van der Waals surface area contributed by atoms with Gasteiger partial charge in [0.1, 0.15) is 5.02 Å². The lowest BCUT2D eigenvalue weighted by Crippen LogP contribution is -2.33. The first-order valence-corrected chi connectivity index (χ1v) is 3.26. The Morgan fingerprint density at radius 1 is 1.60 bits per heavy atom. The molecule has 5 heteroatoms. The van der Waals surface area contributed by atoms with Gasteiger partial charge >= 0.3 is 0 Å². The van der Waals surface area contributed by atoms with Crippen LogP contribution < -0.4 is 9.79 Å². The molecule has 0 spiro atoms. The summed E-state index contributed by atoms with van der Waals surface area (Å²) in [5.74, 6) is -0.503. The summed E-state index contributed by atoms with van der Waals surface area (Å²) < 4.78 is 1.32. The van der Waals surface area contributed by atoms with E-state index in [-0.39, 0.29) is 10.0 Å². The van der Waals surface area contributed by atoms with Gasteiger partial charge in [-0.15, -0.1) is 0 Å². The van der Waals surface area contributed by atoms with Gasteiger partial charge in [0.2, 0.25) is 6.20 Å². The molecule has 1 aromatic heterocycles. The standard InChI is InChI=1S/C5H4Cl2N2O/c1-9-2-3(6)4(7)5(10)8-9/h2H,1H3. The summed E-state index contributed by atoms with van der Waals surface area (Å²) >= 11 is 11.0. The van der Waals surface area contributed by atoms with Gasteiger partial charge < -0.3 is 5.11 Å². The Balaban J connectivity index is 3.31. The monoisotopic (exact) mass is 178 g/mol. The number of aromatic nitrogens is 2. The average Bonchev–Trinajstić information content (AvgIpc) is 1.82. The normalized spacial score (nSPS) is 9.90. The van der Waals surface area contributed by atoms with E-state index in [0.29, 0.717) is 0 Å². The number of halogens is 2. The second-order valence-electron chi connectivity index (χ2n) is 1.77. The van der Waals surface area contributed by atoms with Gasteiger partial charge in [0.25, 0.3) is 0 Å². The molecular formula is C5H4Cl2N2O. The molecule has 1 heterocycles. The van der Waals surface area contributed by atoms with Gasteiger partial charge in [-0.3, -0.25) is 0 Å². The Morgan fingerprint density at radius 3 is 2.70 bits per heavy atom. The number of aryl methyl sites for hydroxylation is 1. The zero-order valence-electron chi connectivity index (χ0n) is 5.14. The van der Waals surface area contributed by atoms with Crippen molar-refractivity contribution in [2.24, 2.45) is 7.05 Å². The van der Waals surface area contributed by atoms with Gasteiger partial charge in [-0.25, -0.2) is 0 Å². The molecule has 0 aliphatic rings. The Hall–Kier alpha value is -0.540. The van der Waals surface area contributed by atoms with Crippen LogP contribution in [-0.4, -0.2) is 5.10 Å². The van der Waals surface area contributed by atoms with Crippen LogP contribution in [0.1, 0.15) is 0 Å². The van der Waals surface area contributed by atoms with Crippen molar-refractivity contribution in [3.8, 4) is 5.88 Å². The molecule has 54 valence electrons. The third kappa shape index (κ3) is 1.30. The van der Waals surface area contributed by atoms with Crippen LogP contribution in [0.25, 0.3) is 0 Å². The third-order valence-electron chi connectivity index (χ3n) is 0.946. The first-order chi connectivity index (χ1) is 4.61. The van der Waals surface area contributed by atoms with E-state index in [0.717, 1.165) is 0 Å². The van der Waals surface area contributed by atoms with E-state index in [4.69, 9.17) is 23.2 Å². The lowest BCUT2D eigenvalue weighted by atomic mass is 10.5. The fourth-order valence-electron chi connectivity index (χ4n) is 0.539. The Morgan fingerprint density at radius 2 is 2.20 bits per heavy atom. The maximum absolute atomic E-state index is 10.7. The van der Waals surface area contributed by atoms with Gasteiger partial charge in [-0.05, 0) is 5.10 Å². The predicted molar refractivity (Wildman–Crippen MR) is 34.9 cm³/mol. The summed E-state index contributed by atoms with van der Waals surface area (Å²) in [5, 5.41) is 14.4. The molecule has 0 N–H and O–H groups in total. The molecule has 0 atom stereocenters. The molecule has 1 rings (SSSR count). The minimum atomic E-state index is -0.503. The van der Waals surface area contributed by atoms with E-state index in [1.54, 1.807) is 7.05 Å². The van der Waals surface area contributed by atoms with E-state index in [9.17, 15) is 5.11 Å². The van der Waals surface area contributed by atoms with Crippen molar-refractivity contribution in [3.05, 3.63) is 16.2 Å². The largest absolute Gasteiger partial charge is 0.853 e. The second kappa shape index (κ2) is 2.60. The first-order valence-electron chi connectivity index (χ1n) is 2.50. The topological polar surface area (TPSA) is 39.8 Å². The summed E-state index contributed by atoms with van der Waals surface area (Å²) in [6.45, 7) is 0. The van der Waals surface area contributed by atoms with E-state index < -0.39 is 5.88 Å². The lowest BCUT2D eigenvalue weighted by Gasteiger charge is -2.02. The van der Waals surface area contributed by atoms with E-state index in [1.165, 1.54) is 10.9 Å². The molecule has 0 bridgehead atoms. The average molecular weight is 179 g/mol. The van der Waals surface area contributed by atoms with Crippen LogP contribution in [0.3, 0.4) is 0 Å². The smallest absolute Gasteiger partial charge is 0.216 e. The first kappa shape index (κ1) is 7.57. The van der Waals surface area contributed by atoms with Crippen molar-refractivity contribution in [2.45, 2.75) is 0 Å². The molecule has 0 saturated carbocycles. The molecular weight excluding hydrogens is 175 g/mol. The van der Waals surface area contributed by atoms with Crippen molar-refractivity contribution >= 4 is 23.2 Å². The molecule has 10 heavy (non-hydrogen) atoms. The van der Waals surface area contributed by atoms with Gasteiger partial charge in [0, 0.05) is 0 Å². The van der Waals surface area contributed by atoms with Crippen molar-refractivity contribution in [1.29, 1.82) is 0 Å². The minimum Gasteiger partial charge on any atom is -0.853 e. The quantitative estimate of drug-likeness (QED) is 0.537. The van der Waals surface area contributed by atoms with Gasteiger partial charge in [-0.1, -0.05) is 27.9 Å². The molecule has 0 aromatic carbocycles. The second-order valence-corrected chi connectivity index (χ2v) is 2.56. The van der Waals surface area contributed by atoms with Crippen LogP contribution in [0.4, 0.5) is 0 Å². The molecule has 0 aliphatic heterocycles. The Bertz CT molecular complexity index is 241. The summed E-state index contributed by atoms with van der Waals surface area (Å²) in [4.78, 5) is 0. The van der Waals surface area contributed by atoms with Gasteiger partial charge in [0.05, 0.1) is 10.9 Å². The SMILES string of the molecule is C[n+]1cc(Cl)c(Cl)c([O-])n1. The lowest BCUT2D eigenvalue weighted by molar-refractivity contribution is -0.734. The Kier molecular flexibility index (Phi) is 1.97. The minimum absolute atomic E-state index is 0.0280. The van der Waals surface area contributed by atoms with Gasteiger partial charge in [-0.2, -0.15) is 0 Å². The third-order valence-corrected chi connectivity index (χ3v) is 1.69. The van der Waals surface area contributed by atoms with Crippen LogP contribution >= 0.6 is 23.2 Å². The highest BCUT2D eigenvalue weighted by atomic mass is 35.5. The summed E-state index contributed by atoms with van der Waals surface area (Å²) in [6.07, 6.45) is 1.46. The van der Waals surface area contributed by atoms with E-state index in [1.807, 2.05) is 0 Å². The van der Waals surface area contributed by atoms with Gasteiger partial charge in [0.15, 0.2) is 7.05 Å². The molecule has 0 unspecified atom stereocenters. The van der Waals surface area contributed by atoms with Crippen LogP contribution in [0.5, 0.6) is 5.88 Å². The molecule has 0 fully saturated rings. The highest BCUT2D eigenvalue weighted by Gasteiger charge is 2.04. The van der Waals surface area contributed by atoms with Crippen molar-refractivity contribution in [3.63, 3.8) is 0 Å². The summed E-state index contributed by atoms with van der Waals surface area (Å²) in [7, 11) is 1.60. The predicted octanol–water partition coefficient (Wildman–Crippen LogP) is 0.286. The Labute approximate surface area is 67.8 Å². The maximum atomic E-state index is 10.7. The molecule has 3 nitrogen and oxygen atoms in total. The number of rotatable bonds is 0. The zero-order valence-corrected chi connectivity index (χ0v) is 6.65. The van der Waals surface area contributed by atoms with Crippen LogP contribution in [0.2, 0.25) is 10.0 Å². The fraction of sp³-hybridized carbons (Fsp3) is 0.200. The summed E-state index contributed by atoms with van der Waals surface area (Å²) in [6, 6.07) is 0. The number of nitrogens with zero attached hydrogens (tertiary/aromatic N) is 2. The van der Waals surface area contributed by atoms with E-state index >= 15 is 0 Å². The molecule has 0 aliphatic carbocycles. The highest BCUT2D eigenvalue weighted by Crippen LogP contribution is 2.23. The molecule has 1 aromatic rings. The highest BCUT2D eigenvalue weighted by molar-refractivity contribution is 6.42. The van der Waals surface area contributed by atoms with Crippen LogP contribution in [0, 0.1) is 0 Å². The maximum Gasteiger partial charge on any atom is 0.216 e. The fourth-order valence-corrected chi connectivity index (χ4v) is 0.848. The summed E-state index contributed by atoms with van der Waals surface area (Å²) in [5.41, 5.74) is 0. The van der Waals surface area contributed by atoms with Crippen LogP contribution in [0.15, 0.2) is 6.20 Å². The molecule has 0 saturated heterocycles. The van der Waals surface area contributed by atoms with Crippen LogP contribution in [-0.2, 0) is 7.05 Å².